The maximum Gasteiger partial charge on any atom is 0.0575 e. The highest BCUT2D eigenvalue weighted by Gasteiger charge is 2.13. The van der Waals surface area contributed by atoms with Crippen LogP contribution in [-0.2, 0) is 4.74 Å². The number of ether oxygens (including phenoxy) is 1. The van der Waals surface area contributed by atoms with E-state index in [1.165, 1.54) is 64.2 Å². The summed E-state index contributed by atoms with van der Waals surface area (Å²) in [6.45, 7) is 5.62. The molecule has 0 aliphatic heterocycles. The lowest BCUT2D eigenvalue weighted by Crippen LogP contribution is -2.16. The highest BCUT2D eigenvalue weighted by Crippen LogP contribution is 2.22. The molecule has 0 spiro atoms. The Morgan fingerprint density at radius 3 is 2.44 bits per heavy atom. The first-order valence-electron chi connectivity index (χ1n) is 7.44. The van der Waals surface area contributed by atoms with E-state index < -0.39 is 0 Å². The third-order valence-corrected chi connectivity index (χ3v) is 3.81. The quantitative estimate of drug-likeness (QED) is 0.617. The van der Waals surface area contributed by atoms with E-state index in [9.17, 15) is 0 Å². The van der Waals surface area contributed by atoms with E-state index in [4.69, 9.17) is 4.74 Å². The van der Waals surface area contributed by atoms with Gasteiger partial charge in [-0.05, 0) is 31.6 Å². The van der Waals surface area contributed by atoms with Crippen LogP contribution in [-0.4, -0.2) is 12.7 Å². The third kappa shape index (κ3) is 6.52. The molecule has 96 valence electrons. The van der Waals surface area contributed by atoms with Crippen LogP contribution in [0.5, 0.6) is 0 Å². The van der Waals surface area contributed by atoms with Gasteiger partial charge < -0.3 is 4.74 Å². The smallest absolute Gasteiger partial charge is 0.0575 e. The molecule has 1 rings (SSSR count). The van der Waals surface area contributed by atoms with Gasteiger partial charge in [-0.3, -0.25) is 0 Å². The van der Waals surface area contributed by atoms with Crippen molar-refractivity contribution in [2.75, 3.05) is 6.61 Å². The van der Waals surface area contributed by atoms with Crippen LogP contribution < -0.4 is 0 Å². The summed E-state index contributed by atoms with van der Waals surface area (Å²) >= 11 is 0. The molecular formula is C15H30O. The summed E-state index contributed by atoms with van der Waals surface area (Å²) in [7, 11) is 0. The van der Waals surface area contributed by atoms with Crippen LogP contribution in [0.4, 0.5) is 0 Å². The molecule has 0 bridgehead atoms. The van der Waals surface area contributed by atoms with E-state index in [1.54, 1.807) is 0 Å². The molecule has 1 heteroatoms. The van der Waals surface area contributed by atoms with Gasteiger partial charge in [-0.2, -0.15) is 0 Å². The summed E-state index contributed by atoms with van der Waals surface area (Å²) < 4.78 is 6.00. The fourth-order valence-electron chi connectivity index (χ4n) is 2.54. The molecule has 16 heavy (non-hydrogen) atoms. The molecule has 1 aliphatic rings. The molecule has 0 saturated heterocycles. The average Bonchev–Trinajstić information content (AvgIpc) is 2.30. The predicted octanol–water partition coefficient (Wildman–Crippen LogP) is 4.94. The summed E-state index contributed by atoms with van der Waals surface area (Å²) in [5.41, 5.74) is 0. The van der Waals surface area contributed by atoms with E-state index >= 15 is 0 Å². The van der Waals surface area contributed by atoms with Gasteiger partial charge in [-0.25, -0.2) is 0 Å². The zero-order valence-corrected chi connectivity index (χ0v) is 11.3. The average molecular weight is 226 g/mol. The Labute approximate surface area is 102 Å². The Hall–Kier alpha value is -0.0400. The van der Waals surface area contributed by atoms with Crippen molar-refractivity contribution >= 4 is 0 Å². The minimum absolute atomic E-state index is 0.562. The lowest BCUT2D eigenvalue weighted by Gasteiger charge is -2.21. The highest BCUT2D eigenvalue weighted by molar-refractivity contribution is 4.65. The van der Waals surface area contributed by atoms with Crippen molar-refractivity contribution in [3.8, 4) is 0 Å². The maximum atomic E-state index is 6.00. The van der Waals surface area contributed by atoms with Gasteiger partial charge in [-0.15, -0.1) is 0 Å². The molecule has 1 fully saturated rings. The van der Waals surface area contributed by atoms with Crippen molar-refractivity contribution in [2.24, 2.45) is 5.92 Å². The molecule has 0 amide bonds. The van der Waals surface area contributed by atoms with E-state index in [0.717, 1.165) is 12.5 Å². The van der Waals surface area contributed by atoms with Crippen LogP contribution in [0.3, 0.4) is 0 Å². The van der Waals surface area contributed by atoms with Crippen molar-refractivity contribution in [3.63, 3.8) is 0 Å². The van der Waals surface area contributed by atoms with E-state index in [1.807, 2.05) is 0 Å². The van der Waals surface area contributed by atoms with Crippen molar-refractivity contribution < 1.29 is 4.74 Å². The van der Waals surface area contributed by atoms with Crippen molar-refractivity contribution in [1.82, 2.24) is 0 Å². The van der Waals surface area contributed by atoms with Crippen molar-refractivity contribution in [2.45, 2.75) is 84.2 Å². The topological polar surface area (TPSA) is 9.23 Å². The Morgan fingerprint density at radius 1 is 0.938 bits per heavy atom. The summed E-state index contributed by atoms with van der Waals surface area (Å²) in [5, 5.41) is 0. The maximum absolute atomic E-state index is 6.00. The second-order valence-corrected chi connectivity index (χ2v) is 5.52. The molecular weight excluding hydrogens is 196 g/mol. The molecule has 0 aromatic carbocycles. The number of unbranched alkanes of at least 4 members (excludes halogenated alkanes) is 1. The van der Waals surface area contributed by atoms with Gasteiger partial charge in [0.15, 0.2) is 0 Å². The van der Waals surface area contributed by atoms with Crippen molar-refractivity contribution in [3.05, 3.63) is 0 Å². The zero-order valence-electron chi connectivity index (χ0n) is 11.3. The van der Waals surface area contributed by atoms with Crippen molar-refractivity contribution in [1.29, 1.82) is 0 Å². The van der Waals surface area contributed by atoms with Crippen LogP contribution in [0.25, 0.3) is 0 Å². The van der Waals surface area contributed by atoms with Crippen LogP contribution in [0.1, 0.15) is 78.1 Å². The van der Waals surface area contributed by atoms with Gasteiger partial charge >= 0.3 is 0 Å². The Bertz CT molecular complexity index is 154. The van der Waals surface area contributed by atoms with Crippen LogP contribution in [0.15, 0.2) is 0 Å². The molecule has 0 radical (unpaired) electrons. The molecule has 0 aromatic heterocycles. The predicted molar refractivity (Wildman–Crippen MR) is 70.7 cm³/mol. The first-order valence-corrected chi connectivity index (χ1v) is 7.44. The van der Waals surface area contributed by atoms with Gasteiger partial charge in [0.05, 0.1) is 6.10 Å². The summed E-state index contributed by atoms with van der Waals surface area (Å²) in [5.74, 6) is 0.912. The largest absolute Gasteiger partial charge is 0.378 e. The van der Waals surface area contributed by atoms with Gasteiger partial charge in [0.2, 0.25) is 0 Å². The molecule has 2 atom stereocenters. The van der Waals surface area contributed by atoms with Crippen LogP contribution >= 0.6 is 0 Å². The molecule has 2 unspecified atom stereocenters. The van der Waals surface area contributed by atoms with Crippen LogP contribution in [0.2, 0.25) is 0 Å². The second kappa shape index (κ2) is 9.04. The standard InChI is InChI=1S/C15H30O/c1-3-4-13-16-15-10-8-6-5-7-9-14(2)11-12-15/h14-15H,3-13H2,1-2H3. The minimum atomic E-state index is 0.562. The number of hydrogen-bond donors (Lipinski definition) is 0. The summed E-state index contributed by atoms with van der Waals surface area (Å²) in [4.78, 5) is 0. The Kier molecular flexibility index (Phi) is 7.92. The molecule has 0 N–H and O–H groups in total. The second-order valence-electron chi connectivity index (χ2n) is 5.52. The minimum Gasteiger partial charge on any atom is -0.378 e. The summed E-state index contributed by atoms with van der Waals surface area (Å²) in [6.07, 6.45) is 14.1. The monoisotopic (exact) mass is 226 g/mol. The zero-order chi connectivity index (χ0) is 11.6. The first-order chi connectivity index (χ1) is 7.83. The molecule has 1 nitrogen and oxygen atoms in total. The van der Waals surface area contributed by atoms with E-state index in [2.05, 4.69) is 13.8 Å². The molecule has 1 saturated carbocycles. The molecule has 0 aromatic rings. The first kappa shape index (κ1) is 14.0. The molecule has 0 heterocycles. The lowest BCUT2D eigenvalue weighted by atomic mass is 9.92. The number of hydrogen-bond acceptors (Lipinski definition) is 1. The fourth-order valence-corrected chi connectivity index (χ4v) is 2.54. The lowest BCUT2D eigenvalue weighted by molar-refractivity contribution is 0.0331. The SMILES string of the molecule is CCCCOC1CCCCCCC(C)CC1. The highest BCUT2D eigenvalue weighted by atomic mass is 16.5. The third-order valence-electron chi connectivity index (χ3n) is 3.81. The Balaban J connectivity index is 2.23. The number of rotatable bonds is 4. The van der Waals surface area contributed by atoms with Gasteiger partial charge in [0.25, 0.3) is 0 Å². The molecule has 1 aliphatic carbocycles. The van der Waals surface area contributed by atoms with E-state index in [0.29, 0.717) is 6.10 Å². The normalized spacial score (nSPS) is 28.9. The van der Waals surface area contributed by atoms with E-state index in [-0.39, 0.29) is 0 Å². The fraction of sp³-hybridized carbons (Fsp3) is 1.00. The van der Waals surface area contributed by atoms with Gasteiger partial charge in [0.1, 0.15) is 0 Å². The summed E-state index contributed by atoms with van der Waals surface area (Å²) in [6, 6.07) is 0. The van der Waals surface area contributed by atoms with Gasteiger partial charge in [0, 0.05) is 6.61 Å². The Morgan fingerprint density at radius 2 is 1.69 bits per heavy atom. The van der Waals surface area contributed by atoms with Crippen LogP contribution in [0, 0.1) is 5.92 Å². The van der Waals surface area contributed by atoms with Gasteiger partial charge in [-0.1, -0.05) is 52.4 Å².